The van der Waals surface area contributed by atoms with Crippen LogP contribution in [0.2, 0.25) is 0 Å². The Balaban J connectivity index is 1.73. The van der Waals surface area contributed by atoms with Crippen LogP contribution < -0.4 is 4.74 Å². The molecule has 0 fully saturated rings. The number of carbonyl (C=O) groups is 1. The first-order valence-corrected chi connectivity index (χ1v) is 7.93. The molecule has 2 aromatic rings. The molecule has 0 saturated heterocycles. The maximum atomic E-state index is 12.2. The summed E-state index contributed by atoms with van der Waals surface area (Å²) in [5.74, 6) is 0.567. The second kappa shape index (κ2) is 5.88. The van der Waals surface area contributed by atoms with Crippen molar-refractivity contribution in [1.82, 2.24) is 0 Å². The van der Waals surface area contributed by atoms with Gasteiger partial charge in [-0.1, -0.05) is 6.92 Å². The fourth-order valence-electron chi connectivity index (χ4n) is 2.60. The molecule has 114 valence electrons. The highest BCUT2D eigenvalue weighted by Gasteiger charge is 2.21. The lowest BCUT2D eigenvalue weighted by atomic mass is 9.90. The van der Waals surface area contributed by atoms with E-state index in [0.717, 1.165) is 19.3 Å². The number of nitrogens with zero attached hydrogens (tertiary/aromatic N) is 1. The lowest BCUT2D eigenvalue weighted by Gasteiger charge is -2.16. The predicted octanol–water partition coefficient (Wildman–Crippen LogP) is 4.00. The van der Waals surface area contributed by atoms with E-state index in [0.29, 0.717) is 16.5 Å². The van der Waals surface area contributed by atoms with Gasteiger partial charge < -0.3 is 4.74 Å². The van der Waals surface area contributed by atoms with Crippen LogP contribution in [0.5, 0.6) is 5.75 Å². The molecule has 0 aliphatic heterocycles. The van der Waals surface area contributed by atoms with Gasteiger partial charge in [0.05, 0.1) is 4.92 Å². The fourth-order valence-corrected chi connectivity index (χ4v) is 3.68. The molecule has 0 bridgehead atoms. The smallest absolute Gasteiger partial charge is 0.353 e. The molecular weight excluding hydrogens is 302 g/mol. The molecule has 0 N–H and O–H groups in total. The Morgan fingerprint density at radius 3 is 2.77 bits per heavy atom. The van der Waals surface area contributed by atoms with Crippen molar-refractivity contribution in [1.29, 1.82) is 0 Å². The molecule has 6 heteroatoms. The van der Waals surface area contributed by atoms with Crippen LogP contribution in [-0.4, -0.2) is 10.9 Å². The molecule has 0 radical (unpaired) electrons. The number of esters is 1. The van der Waals surface area contributed by atoms with Crippen molar-refractivity contribution in [3.05, 3.63) is 55.8 Å². The van der Waals surface area contributed by atoms with Crippen molar-refractivity contribution in [2.75, 3.05) is 0 Å². The van der Waals surface area contributed by atoms with Gasteiger partial charge in [-0.2, -0.15) is 0 Å². The highest BCUT2D eigenvalue weighted by Crippen LogP contribution is 2.32. The van der Waals surface area contributed by atoms with Gasteiger partial charge in [0.2, 0.25) is 0 Å². The normalized spacial score (nSPS) is 16.9. The highest BCUT2D eigenvalue weighted by molar-refractivity contribution is 7.14. The molecule has 1 atom stereocenters. The Labute approximate surface area is 131 Å². The largest absolute Gasteiger partial charge is 0.422 e. The minimum absolute atomic E-state index is 0.0274. The molecule has 1 aromatic carbocycles. The van der Waals surface area contributed by atoms with Crippen molar-refractivity contribution >= 4 is 23.0 Å². The molecule has 3 rings (SSSR count). The lowest BCUT2D eigenvalue weighted by molar-refractivity contribution is -0.384. The van der Waals surface area contributed by atoms with Gasteiger partial charge in [0.15, 0.2) is 0 Å². The van der Waals surface area contributed by atoms with E-state index in [9.17, 15) is 14.9 Å². The summed E-state index contributed by atoms with van der Waals surface area (Å²) in [4.78, 5) is 24.2. The van der Waals surface area contributed by atoms with Gasteiger partial charge in [-0.05, 0) is 48.9 Å². The van der Waals surface area contributed by atoms with Crippen LogP contribution in [0.15, 0.2) is 30.3 Å². The first-order chi connectivity index (χ1) is 10.5. The standard InChI is InChI=1S/C16H15NO4S/c1-10-2-7-14-11(8-10)9-15(22-14)16(18)21-13-5-3-12(4-6-13)17(19)20/h3-6,9-10H,2,7-8H2,1H3/t10-/m0/s1. The van der Waals surface area contributed by atoms with Crippen LogP contribution in [0.25, 0.3) is 0 Å². The second-order valence-electron chi connectivity index (χ2n) is 5.55. The van der Waals surface area contributed by atoms with Gasteiger partial charge in [0.1, 0.15) is 10.6 Å². The van der Waals surface area contributed by atoms with E-state index < -0.39 is 10.9 Å². The molecule has 5 nitrogen and oxygen atoms in total. The zero-order chi connectivity index (χ0) is 15.7. The van der Waals surface area contributed by atoms with Crippen molar-refractivity contribution in [3.63, 3.8) is 0 Å². The molecule has 0 spiro atoms. The van der Waals surface area contributed by atoms with E-state index in [1.54, 1.807) is 0 Å². The predicted molar refractivity (Wildman–Crippen MR) is 83.6 cm³/mol. The van der Waals surface area contributed by atoms with E-state index in [1.807, 2.05) is 6.07 Å². The summed E-state index contributed by atoms with van der Waals surface area (Å²) in [6.45, 7) is 2.22. The third-order valence-electron chi connectivity index (χ3n) is 3.79. The Morgan fingerprint density at radius 1 is 1.36 bits per heavy atom. The summed E-state index contributed by atoms with van der Waals surface area (Å²) < 4.78 is 5.29. The molecule has 1 aliphatic carbocycles. The maximum Gasteiger partial charge on any atom is 0.353 e. The quantitative estimate of drug-likeness (QED) is 0.371. The minimum atomic E-state index is -0.486. The average molecular weight is 317 g/mol. The molecule has 1 aromatic heterocycles. The molecule has 0 amide bonds. The van der Waals surface area contributed by atoms with E-state index >= 15 is 0 Å². The number of rotatable bonds is 3. The van der Waals surface area contributed by atoms with E-state index in [4.69, 9.17) is 4.74 Å². The van der Waals surface area contributed by atoms with Crippen molar-refractivity contribution < 1.29 is 14.5 Å². The number of benzene rings is 1. The van der Waals surface area contributed by atoms with Gasteiger partial charge in [-0.15, -0.1) is 11.3 Å². The summed E-state index contributed by atoms with van der Waals surface area (Å²) in [6, 6.07) is 7.44. The number of fused-ring (bicyclic) bond motifs is 1. The molecule has 22 heavy (non-hydrogen) atoms. The number of nitro benzene ring substituents is 1. The Kier molecular flexibility index (Phi) is 3.94. The van der Waals surface area contributed by atoms with Crippen LogP contribution in [0, 0.1) is 16.0 Å². The van der Waals surface area contributed by atoms with Gasteiger partial charge in [-0.25, -0.2) is 4.79 Å². The molecule has 0 saturated carbocycles. The summed E-state index contributed by atoms with van der Waals surface area (Å²) in [5, 5.41) is 10.6. The number of hydrogen-bond donors (Lipinski definition) is 0. The highest BCUT2D eigenvalue weighted by atomic mass is 32.1. The summed E-state index contributed by atoms with van der Waals surface area (Å²) in [5.41, 5.74) is 1.22. The number of hydrogen-bond acceptors (Lipinski definition) is 5. The summed E-state index contributed by atoms with van der Waals surface area (Å²) in [7, 11) is 0. The minimum Gasteiger partial charge on any atom is -0.422 e. The van der Waals surface area contributed by atoms with Crippen molar-refractivity contribution in [3.8, 4) is 5.75 Å². The first kappa shape index (κ1) is 14.7. The van der Waals surface area contributed by atoms with Gasteiger partial charge in [-0.3, -0.25) is 10.1 Å². The van der Waals surface area contributed by atoms with Gasteiger partial charge >= 0.3 is 5.97 Å². The Hall–Kier alpha value is -2.21. The van der Waals surface area contributed by atoms with E-state index in [1.165, 1.54) is 46.0 Å². The first-order valence-electron chi connectivity index (χ1n) is 7.11. The molecule has 0 unspecified atom stereocenters. The number of nitro groups is 1. The molecule has 1 heterocycles. The van der Waals surface area contributed by atoms with Crippen LogP contribution in [0.4, 0.5) is 5.69 Å². The van der Waals surface area contributed by atoms with Crippen LogP contribution in [0.3, 0.4) is 0 Å². The van der Waals surface area contributed by atoms with E-state index in [2.05, 4.69) is 6.92 Å². The van der Waals surface area contributed by atoms with Gasteiger partial charge in [0, 0.05) is 17.0 Å². The number of aryl methyl sites for hydroxylation is 1. The lowest BCUT2D eigenvalue weighted by Crippen LogP contribution is -2.08. The van der Waals surface area contributed by atoms with Crippen molar-refractivity contribution in [2.24, 2.45) is 5.92 Å². The number of non-ortho nitro benzene ring substituents is 1. The van der Waals surface area contributed by atoms with Crippen LogP contribution in [0.1, 0.15) is 33.5 Å². The van der Waals surface area contributed by atoms with Gasteiger partial charge in [0.25, 0.3) is 5.69 Å². The van der Waals surface area contributed by atoms with Crippen molar-refractivity contribution in [2.45, 2.75) is 26.2 Å². The monoisotopic (exact) mass is 317 g/mol. The zero-order valence-corrected chi connectivity index (χ0v) is 12.9. The summed E-state index contributed by atoms with van der Waals surface area (Å²) >= 11 is 1.49. The SMILES string of the molecule is C[C@H]1CCc2sc(C(=O)Oc3ccc([N+](=O)[O-])cc3)cc2C1. The molecular formula is C16H15NO4S. The maximum absolute atomic E-state index is 12.2. The molecule has 1 aliphatic rings. The Morgan fingerprint density at radius 2 is 2.09 bits per heavy atom. The summed E-state index contributed by atoms with van der Waals surface area (Å²) in [6.07, 6.45) is 3.19. The third kappa shape index (κ3) is 3.01. The fraction of sp³-hybridized carbons (Fsp3) is 0.312. The second-order valence-corrected chi connectivity index (χ2v) is 6.68. The van der Waals surface area contributed by atoms with E-state index in [-0.39, 0.29) is 5.69 Å². The topological polar surface area (TPSA) is 69.4 Å². The van der Waals surface area contributed by atoms with Crippen LogP contribution in [-0.2, 0) is 12.8 Å². The average Bonchev–Trinajstić information content (AvgIpc) is 2.91. The Bertz CT molecular complexity index is 720. The number of carbonyl (C=O) groups excluding carboxylic acids is 1. The zero-order valence-electron chi connectivity index (χ0n) is 12.1. The van der Waals surface area contributed by atoms with Crippen LogP contribution >= 0.6 is 11.3 Å². The number of thiophene rings is 1. The number of ether oxygens (including phenoxy) is 1. The third-order valence-corrected chi connectivity index (χ3v) is 5.01.